The Hall–Kier alpha value is -1.59. The van der Waals surface area contributed by atoms with Gasteiger partial charge < -0.3 is 9.57 Å². The van der Waals surface area contributed by atoms with Crippen LogP contribution >= 0.6 is 22.9 Å². The third-order valence-electron chi connectivity index (χ3n) is 2.44. The Balaban J connectivity index is 2.51. The quantitative estimate of drug-likeness (QED) is 0.493. The van der Waals surface area contributed by atoms with E-state index in [1.54, 1.807) is 13.0 Å². The summed E-state index contributed by atoms with van der Waals surface area (Å²) >= 11 is 7.43. The molecule has 6 heteroatoms. The molecule has 0 aliphatic rings. The summed E-state index contributed by atoms with van der Waals surface area (Å²) in [7, 11) is 1.39. The van der Waals surface area contributed by atoms with Crippen molar-refractivity contribution in [1.82, 2.24) is 0 Å². The Bertz CT molecular complexity index is 636. The molecule has 0 bridgehead atoms. The number of fused-ring (bicyclic) bond motifs is 1. The Morgan fingerprint density at radius 2 is 2.26 bits per heavy atom. The molecule has 1 aromatic carbocycles. The van der Waals surface area contributed by atoms with Gasteiger partial charge in [0.25, 0.3) is 0 Å². The first-order chi connectivity index (χ1) is 9.17. The maximum Gasteiger partial charge on any atom is 0.361 e. The van der Waals surface area contributed by atoms with E-state index in [9.17, 15) is 4.79 Å². The highest BCUT2D eigenvalue weighted by Crippen LogP contribution is 2.29. The second kappa shape index (κ2) is 6.04. The molecule has 0 saturated heterocycles. The van der Waals surface area contributed by atoms with Crippen LogP contribution < -0.4 is 0 Å². The van der Waals surface area contributed by atoms with Crippen molar-refractivity contribution in [2.24, 2.45) is 5.16 Å². The van der Waals surface area contributed by atoms with Gasteiger partial charge in [-0.1, -0.05) is 22.8 Å². The Labute approximate surface area is 119 Å². The second-order valence-corrected chi connectivity index (χ2v) is 4.98. The summed E-state index contributed by atoms with van der Waals surface area (Å²) in [6.07, 6.45) is 0. The first-order valence-electron chi connectivity index (χ1n) is 5.62. The van der Waals surface area contributed by atoms with Crippen molar-refractivity contribution in [1.29, 1.82) is 0 Å². The number of esters is 1. The van der Waals surface area contributed by atoms with Gasteiger partial charge in [-0.2, -0.15) is 0 Å². The minimum Gasteiger partial charge on any atom is -0.461 e. The molecule has 0 aliphatic heterocycles. The van der Waals surface area contributed by atoms with E-state index in [1.807, 2.05) is 17.5 Å². The topological polar surface area (TPSA) is 47.9 Å². The fraction of sp³-hybridized carbons (Fsp3) is 0.231. The number of carbonyl (C=O) groups excluding carboxylic acids is 1. The number of ether oxygens (including phenoxy) is 1. The fourth-order valence-electron chi connectivity index (χ4n) is 1.67. The average molecular weight is 298 g/mol. The molecule has 2 aromatic rings. The summed E-state index contributed by atoms with van der Waals surface area (Å²) in [5.74, 6) is -0.501. The number of thiophene rings is 1. The summed E-state index contributed by atoms with van der Waals surface area (Å²) in [6.45, 7) is 2.03. The van der Waals surface area contributed by atoms with Crippen molar-refractivity contribution >= 4 is 44.7 Å². The van der Waals surface area contributed by atoms with E-state index in [4.69, 9.17) is 21.2 Å². The van der Waals surface area contributed by atoms with Crippen LogP contribution in [0.15, 0.2) is 28.7 Å². The van der Waals surface area contributed by atoms with Crippen molar-refractivity contribution in [3.05, 3.63) is 34.2 Å². The summed E-state index contributed by atoms with van der Waals surface area (Å²) in [4.78, 5) is 16.6. The monoisotopic (exact) mass is 297 g/mol. The lowest BCUT2D eigenvalue weighted by atomic mass is 10.1. The lowest BCUT2D eigenvalue weighted by Gasteiger charge is -2.04. The molecule has 0 aliphatic carbocycles. The van der Waals surface area contributed by atoms with Crippen LogP contribution in [0.5, 0.6) is 0 Å². The van der Waals surface area contributed by atoms with Crippen molar-refractivity contribution in [2.75, 3.05) is 13.7 Å². The molecule has 0 spiro atoms. The number of rotatable bonds is 4. The SMILES string of the molecule is CCOC(=O)C(=NOC)c1csc2cc(Cl)ccc12. The first-order valence-corrected chi connectivity index (χ1v) is 6.88. The smallest absolute Gasteiger partial charge is 0.361 e. The molecule has 100 valence electrons. The third kappa shape index (κ3) is 2.88. The van der Waals surface area contributed by atoms with E-state index in [2.05, 4.69) is 5.16 Å². The van der Waals surface area contributed by atoms with Crippen LogP contribution in [0.3, 0.4) is 0 Å². The standard InChI is InChI=1S/C13H12ClNO3S/c1-3-18-13(16)12(15-17-2)10-7-19-11-6-8(14)4-5-9(10)11/h4-7H,3H2,1-2H3. The van der Waals surface area contributed by atoms with Crippen molar-refractivity contribution < 1.29 is 14.4 Å². The van der Waals surface area contributed by atoms with E-state index in [-0.39, 0.29) is 12.3 Å². The summed E-state index contributed by atoms with van der Waals surface area (Å²) in [5.41, 5.74) is 0.856. The molecular weight excluding hydrogens is 286 g/mol. The molecular formula is C13H12ClNO3S. The molecule has 4 nitrogen and oxygen atoms in total. The van der Waals surface area contributed by atoms with Gasteiger partial charge >= 0.3 is 5.97 Å². The summed E-state index contributed by atoms with van der Waals surface area (Å²) < 4.78 is 5.96. The molecule has 0 unspecified atom stereocenters. The largest absolute Gasteiger partial charge is 0.461 e. The van der Waals surface area contributed by atoms with E-state index >= 15 is 0 Å². The third-order valence-corrected chi connectivity index (χ3v) is 3.62. The number of nitrogens with zero attached hydrogens (tertiary/aromatic N) is 1. The van der Waals surface area contributed by atoms with Crippen molar-refractivity contribution in [3.63, 3.8) is 0 Å². The first kappa shape index (κ1) is 13.8. The van der Waals surface area contributed by atoms with E-state index < -0.39 is 5.97 Å². The molecule has 19 heavy (non-hydrogen) atoms. The van der Waals surface area contributed by atoms with Crippen LogP contribution in [0, 0.1) is 0 Å². The van der Waals surface area contributed by atoms with Crippen LogP contribution in [-0.4, -0.2) is 25.4 Å². The number of halogens is 1. The van der Waals surface area contributed by atoms with Gasteiger partial charge in [-0.05, 0) is 19.1 Å². The van der Waals surface area contributed by atoms with Crippen LogP contribution in [0.1, 0.15) is 12.5 Å². The number of oxime groups is 1. The Morgan fingerprint density at radius 1 is 1.47 bits per heavy atom. The predicted molar refractivity (Wildman–Crippen MR) is 77.0 cm³/mol. The zero-order valence-electron chi connectivity index (χ0n) is 10.5. The Kier molecular flexibility index (Phi) is 4.39. The normalized spacial score (nSPS) is 11.6. The summed E-state index contributed by atoms with van der Waals surface area (Å²) in [6, 6.07) is 5.48. The predicted octanol–water partition coefficient (Wildman–Crippen LogP) is 3.47. The Morgan fingerprint density at radius 3 is 2.95 bits per heavy atom. The highest BCUT2D eigenvalue weighted by Gasteiger charge is 2.20. The van der Waals surface area contributed by atoms with Gasteiger partial charge in [-0.3, -0.25) is 0 Å². The van der Waals surface area contributed by atoms with E-state index in [0.29, 0.717) is 10.6 Å². The number of carbonyl (C=O) groups is 1. The van der Waals surface area contributed by atoms with Gasteiger partial charge in [0.1, 0.15) is 7.11 Å². The van der Waals surface area contributed by atoms with Gasteiger partial charge in [0.2, 0.25) is 0 Å². The molecule has 2 rings (SSSR count). The maximum atomic E-state index is 11.9. The van der Waals surface area contributed by atoms with Crippen LogP contribution in [0.25, 0.3) is 10.1 Å². The molecule has 0 atom stereocenters. The molecule has 1 heterocycles. The highest BCUT2D eigenvalue weighted by atomic mass is 35.5. The van der Waals surface area contributed by atoms with Gasteiger partial charge in [-0.25, -0.2) is 4.79 Å². The minimum absolute atomic E-state index is 0.165. The number of hydrogen-bond acceptors (Lipinski definition) is 5. The number of hydrogen-bond donors (Lipinski definition) is 0. The van der Waals surface area contributed by atoms with Gasteiger partial charge in [0.15, 0.2) is 5.71 Å². The molecule has 0 radical (unpaired) electrons. The van der Waals surface area contributed by atoms with E-state index in [0.717, 1.165) is 10.1 Å². The van der Waals surface area contributed by atoms with Crippen molar-refractivity contribution in [3.8, 4) is 0 Å². The van der Waals surface area contributed by atoms with Gasteiger partial charge in [-0.15, -0.1) is 11.3 Å². The maximum absolute atomic E-state index is 11.9. The zero-order valence-corrected chi connectivity index (χ0v) is 12.0. The average Bonchev–Trinajstić information content (AvgIpc) is 2.78. The van der Waals surface area contributed by atoms with Crippen LogP contribution in [-0.2, 0) is 14.4 Å². The van der Waals surface area contributed by atoms with Crippen LogP contribution in [0.2, 0.25) is 5.02 Å². The second-order valence-electron chi connectivity index (χ2n) is 3.63. The minimum atomic E-state index is -0.501. The fourth-order valence-corrected chi connectivity index (χ4v) is 2.89. The molecule has 0 fully saturated rings. The molecule has 0 N–H and O–H groups in total. The lowest BCUT2D eigenvalue weighted by Crippen LogP contribution is -2.18. The number of benzene rings is 1. The zero-order chi connectivity index (χ0) is 13.8. The lowest BCUT2D eigenvalue weighted by molar-refractivity contribution is -0.135. The van der Waals surface area contributed by atoms with Crippen LogP contribution in [0.4, 0.5) is 0 Å². The molecule has 0 amide bonds. The van der Waals surface area contributed by atoms with Gasteiger partial charge in [0, 0.05) is 26.1 Å². The summed E-state index contributed by atoms with van der Waals surface area (Å²) in [5, 5.41) is 7.17. The van der Waals surface area contributed by atoms with E-state index in [1.165, 1.54) is 18.4 Å². The molecule has 1 aromatic heterocycles. The van der Waals surface area contributed by atoms with Crippen molar-refractivity contribution in [2.45, 2.75) is 6.92 Å². The highest BCUT2D eigenvalue weighted by molar-refractivity contribution is 7.17. The molecule has 0 saturated carbocycles. The van der Waals surface area contributed by atoms with Gasteiger partial charge in [0.05, 0.1) is 6.61 Å².